The lowest BCUT2D eigenvalue weighted by Crippen LogP contribution is -2.04. The van der Waals surface area contributed by atoms with Crippen molar-refractivity contribution in [3.63, 3.8) is 0 Å². The van der Waals surface area contributed by atoms with Gasteiger partial charge < -0.3 is 9.13 Å². The minimum Gasteiger partial charge on any atom is -0.316 e. The Morgan fingerprint density at radius 2 is 0.957 bits per heavy atom. The summed E-state index contributed by atoms with van der Waals surface area (Å²) in [6, 6.07) is 6.15. The van der Waals surface area contributed by atoms with Gasteiger partial charge in [0.05, 0.1) is 18.2 Å². The molecule has 1 atom stereocenters. The lowest BCUT2D eigenvalue weighted by Gasteiger charge is -2.28. The molecule has 0 aromatic carbocycles. The molecular weight excluding hydrogens is 328 g/mol. The predicted octanol–water partition coefficient (Wildman–Crippen LogP) is 5.34. The van der Waals surface area contributed by atoms with Gasteiger partial charge in [-0.25, -0.2) is 0 Å². The number of unbranched alkanes of at least 4 members (excludes halogenated alkanes) is 4. The third kappa shape index (κ3) is 7.84. The number of nitriles is 3. The van der Waals surface area contributed by atoms with Gasteiger partial charge in [-0.15, -0.1) is 0 Å². The average molecular weight is 355 g/mol. The third-order valence-electron chi connectivity index (χ3n) is 3.91. The highest BCUT2D eigenvalue weighted by molar-refractivity contribution is 8.36. The molecule has 0 amide bonds. The normalized spacial score (nSPS) is 13.5. The first-order chi connectivity index (χ1) is 11.0. The highest BCUT2D eigenvalue weighted by Crippen LogP contribution is 2.82. The lowest BCUT2D eigenvalue weighted by atomic mass is 10.4. The Bertz CT molecular complexity index is 531. The Kier molecular flexibility index (Phi) is 11.8. The smallest absolute Gasteiger partial charge is 0.143 e. The minimum absolute atomic E-state index is 0.314. The van der Waals surface area contributed by atoms with Crippen LogP contribution in [0.4, 0.5) is 0 Å². The van der Waals surface area contributed by atoms with Crippen LogP contribution in [0.15, 0.2) is 0 Å². The zero-order valence-electron chi connectivity index (χ0n) is 14.0. The summed E-state index contributed by atoms with van der Waals surface area (Å²) in [5.74, 6) is 0. The second kappa shape index (κ2) is 12.4. The summed E-state index contributed by atoms with van der Waals surface area (Å²) in [5, 5.41) is 26.1. The van der Waals surface area contributed by atoms with Gasteiger partial charge in [-0.2, -0.15) is 15.8 Å². The van der Waals surface area contributed by atoms with Crippen molar-refractivity contribution in [2.24, 2.45) is 0 Å². The largest absolute Gasteiger partial charge is 0.316 e. The Morgan fingerprint density at radius 1 is 0.652 bits per heavy atom. The van der Waals surface area contributed by atoms with E-state index < -0.39 is 13.7 Å². The Balaban J connectivity index is 5.28. The van der Waals surface area contributed by atoms with E-state index in [-0.39, 0.29) is 0 Å². The zero-order chi connectivity index (χ0) is 17.6. The average Bonchev–Trinajstić information content (AvgIpc) is 2.53. The molecule has 0 aromatic rings. The summed E-state index contributed by atoms with van der Waals surface area (Å²) in [6.45, 7) is -3.80. The van der Waals surface area contributed by atoms with Crippen molar-refractivity contribution >= 4 is 13.7 Å². The number of hydrogen-bond donors (Lipinski definition) is 0. The fraction of sp³-hybridized carbons (Fsp3) is 0.812. The summed E-state index contributed by atoms with van der Waals surface area (Å²) >= 11 is 0. The molecule has 0 aliphatic carbocycles. The second-order valence-electron chi connectivity index (χ2n) is 5.73. The molecule has 0 saturated carbocycles. The molecule has 0 aliphatic heterocycles. The summed E-state index contributed by atoms with van der Waals surface area (Å²) in [7, 11) is 0. The van der Waals surface area contributed by atoms with Crippen molar-refractivity contribution in [3.8, 4) is 18.2 Å². The molecule has 0 fully saturated rings. The fourth-order valence-electron chi connectivity index (χ4n) is 2.57. The van der Waals surface area contributed by atoms with E-state index in [0.29, 0.717) is 63.2 Å². The van der Waals surface area contributed by atoms with Gasteiger partial charge in [0.25, 0.3) is 0 Å². The molecule has 128 valence electrons. The first-order valence-corrected chi connectivity index (χ1v) is 13.1. The fourth-order valence-corrected chi connectivity index (χ4v) is 13.3. The molecular formula is C16H27N3O2P2. The van der Waals surface area contributed by atoms with Crippen molar-refractivity contribution in [1.82, 2.24) is 0 Å². The van der Waals surface area contributed by atoms with E-state index in [1.807, 2.05) is 19.1 Å². The van der Waals surface area contributed by atoms with Gasteiger partial charge in [0, 0.05) is 43.9 Å². The van der Waals surface area contributed by atoms with E-state index in [4.69, 9.17) is 15.8 Å². The minimum atomic E-state index is -2.93. The molecule has 0 saturated heterocycles. The maximum atomic E-state index is 13.5. The van der Waals surface area contributed by atoms with Gasteiger partial charge in [-0.3, -0.25) is 0 Å². The Labute approximate surface area is 140 Å². The summed E-state index contributed by atoms with van der Waals surface area (Å²) < 4.78 is 27.0. The van der Waals surface area contributed by atoms with Crippen molar-refractivity contribution in [1.29, 1.82) is 15.8 Å². The first-order valence-electron chi connectivity index (χ1n) is 8.27. The predicted molar refractivity (Wildman–Crippen MR) is 94.1 cm³/mol. The van der Waals surface area contributed by atoms with Gasteiger partial charge in [0.2, 0.25) is 0 Å². The lowest BCUT2D eigenvalue weighted by molar-refractivity contribution is 0.560. The maximum Gasteiger partial charge on any atom is 0.143 e. The standard InChI is InChI=1S/C16H27N3O2P2/c1-2-3-13-22(20,14-7-4-10-17)23(21,15-8-5-11-18)16-9-6-12-19/h2-9,13-16H2,1H3. The van der Waals surface area contributed by atoms with Gasteiger partial charge >= 0.3 is 0 Å². The van der Waals surface area contributed by atoms with E-state index in [2.05, 4.69) is 6.07 Å². The molecule has 23 heavy (non-hydrogen) atoms. The van der Waals surface area contributed by atoms with E-state index in [9.17, 15) is 9.13 Å². The van der Waals surface area contributed by atoms with Crippen LogP contribution in [-0.4, -0.2) is 24.6 Å². The summed E-state index contributed by atoms with van der Waals surface area (Å²) in [4.78, 5) is 0. The molecule has 0 rings (SSSR count). The molecule has 0 spiro atoms. The van der Waals surface area contributed by atoms with Crippen LogP contribution in [0, 0.1) is 34.0 Å². The second-order valence-corrected chi connectivity index (χ2v) is 15.3. The Morgan fingerprint density at radius 3 is 1.22 bits per heavy atom. The molecule has 0 N–H and O–H groups in total. The number of hydrogen-bond acceptors (Lipinski definition) is 5. The molecule has 0 bridgehead atoms. The van der Waals surface area contributed by atoms with Gasteiger partial charge in [-0.1, -0.05) is 13.3 Å². The monoisotopic (exact) mass is 355 g/mol. The highest BCUT2D eigenvalue weighted by atomic mass is 32.1. The third-order valence-corrected chi connectivity index (χ3v) is 15.7. The number of nitrogens with zero attached hydrogens (tertiary/aromatic N) is 3. The topological polar surface area (TPSA) is 106 Å². The Hall–Kier alpha value is -1.07. The molecule has 0 aromatic heterocycles. The van der Waals surface area contributed by atoms with Crippen LogP contribution in [0.5, 0.6) is 0 Å². The SMILES string of the molecule is CCCCP(=O)(CCCC#N)P(=O)(CCCC#N)CCCC#N. The van der Waals surface area contributed by atoms with Crippen LogP contribution in [-0.2, 0) is 9.13 Å². The molecule has 1 unspecified atom stereocenters. The zero-order valence-corrected chi connectivity index (χ0v) is 15.8. The van der Waals surface area contributed by atoms with Gasteiger partial charge in [0.1, 0.15) is 13.7 Å². The molecule has 0 heterocycles. The van der Waals surface area contributed by atoms with Crippen molar-refractivity contribution < 1.29 is 9.13 Å². The van der Waals surface area contributed by atoms with Gasteiger partial charge in [-0.05, 0) is 25.7 Å². The van der Waals surface area contributed by atoms with E-state index in [0.717, 1.165) is 12.8 Å². The van der Waals surface area contributed by atoms with E-state index in [1.165, 1.54) is 0 Å². The van der Waals surface area contributed by atoms with Crippen molar-refractivity contribution in [3.05, 3.63) is 0 Å². The van der Waals surface area contributed by atoms with Crippen LogP contribution >= 0.6 is 13.7 Å². The van der Waals surface area contributed by atoms with Crippen LogP contribution in [0.25, 0.3) is 0 Å². The van der Waals surface area contributed by atoms with Crippen LogP contribution < -0.4 is 0 Å². The quantitative estimate of drug-likeness (QED) is 0.327. The summed E-state index contributed by atoms with van der Waals surface area (Å²) in [5.41, 5.74) is 0. The highest BCUT2D eigenvalue weighted by Gasteiger charge is 2.41. The maximum absolute atomic E-state index is 13.5. The number of rotatable bonds is 13. The van der Waals surface area contributed by atoms with E-state index >= 15 is 0 Å². The van der Waals surface area contributed by atoms with Crippen LogP contribution in [0.1, 0.15) is 58.3 Å². The molecule has 0 radical (unpaired) electrons. The molecule has 7 heteroatoms. The first kappa shape index (κ1) is 21.9. The van der Waals surface area contributed by atoms with Crippen LogP contribution in [0.3, 0.4) is 0 Å². The molecule has 0 aliphatic rings. The van der Waals surface area contributed by atoms with Crippen LogP contribution in [0.2, 0.25) is 0 Å². The molecule has 5 nitrogen and oxygen atoms in total. The summed E-state index contributed by atoms with van der Waals surface area (Å²) in [6.07, 6.45) is 5.60. The van der Waals surface area contributed by atoms with Crippen molar-refractivity contribution in [2.75, 3.05) is 24.6 Å². The van der Waals surface area contributed by atoms with Crippen molar-refractivity contribution in [2.45, 2.75) is 58.3 Å². The van der Waals surface area contributed by atoms with Gasteiger partial charge in [0.15, 0.2) is 0 Å². The van der Waals surface area contributed by atoms with E-state index in [1.54, 1.807) is 0 Å².